The van der Waals surface area contributed by atoms with Crippen LogP contribution >= 0.6 is 31.9 Å². The Balaban J connectivity index is 1.39. The molecule has 40 heavy (non-hydrogen) atoms. The van der Waals surface area contributed by atoms with Crippen LogP contribution in [0.15, 0.2) is 114 Å². The lowest BCUT2D eigenvalue weighted by Crippen LogP contribution is -2.20. The zero-order chi connectivity index (χ0) is 27.6. The third-order valence-corrected chi connectivity index (χ3v) is 7.39. The van der Waals surface area contributed by atoms with E-state index in [0.717, 1.165) is 15.4 Å². The number of rotatable bonds is 7. The molecule has 198 valence electrons. The molecule has 0 radical (unpaired) electrons. The standard InChI is InChI=1S/C31H21Br2N3O4/c1-38-27-15-20(14-24(33)29(27)39-18-19-10-12-22(32)13-11-19)17-34-36-30(28-16-21-6-2-5-9-26(21)40-28)35-25-8-4-3-7-23(25)31(36)37/h2-17H,18H2,1H3. The topological polar surface area (TPSA) is 78.9 Å². The summed E-state index contributed by atoms with van der Waals surface area (Å²) in [5.74, 6) is 1.83. The number of hydrogen-bond acceptors (Lipinski definition) is 6. The number of benzene rings is 4. The highest BCUT2D eigenvalue weighted by molar-refractivity contribution is 9.10. The molecule has 0 atom stereocenters. The first kappa shape index (κ1) is 26.0. The molecule has 0 bridgehead atoms. The molecule has 0 saturated heterocycles. The molecule has 2 aromatic heterocycles. The lowest BCUT2D eigenvalue weighted by atomic mass is 10.2. The average Bonchev–Trinajstić information content (AvgIpc) is 3.41. The van der Waals surface area contributed by atoms with E-state index in [9.17, 15) is 4.79 Å². The fraction of sp³-hybridized carbons (Fsp3) is 0.0645. The van der Waals surface area contributed by atoms with Crippen molar-refractivity contribution in [1.82, 2.24) is 9.66 Å². The molecule has 0 saturated carbocycles. The van der Waals surface area contributed by atoms with Gasteiger partial charge in [0.1, 0.15) is 12.2 Å². The van der Waals surface area contributed by atoms with Gasteiger partial charge in [-0.05, 0) is 75.6 Å². The molecule has 0 N–H and O–H groups in total. The van der Waals surface area contributed by atoms with E-state index in [4.69, 9.17) is 18.9 Å². The fourth-order valence-corrected chi connectivity index (χ4v) is 5.14. The van der Waals surface area contributed by atoms with Gasteiger partial charge < -0.3 is 13.9 Å². The SMILES string of the molecule is COc1cc(C=Nn2c(-c3cc4ccccc4o3)nc3ccccc3c2=O)cc(Br)c1OCc1ccc(Br)cc1. The largest absolute Gasteiger partial charge is 0.493 e. The maximum Gasteiger partial charge on any atom is 0.282 e. The highest BCUT2D eigenvalue weighted by Gasteiger charge is 2.17. The maximum absolute atomic E-state index is 13.6. The van der Waals surface area contributed by atoms with Gasteiger partial charge in [0.15, 0.2) is 17.3 Å². The second-order valence-electron chi connectivity index (χ2n) is 8.91. The summed E-state index contributed by atoms with van der Waals surface area (Å²) in [7, 11) is 1.58. The molecule has 0 aliphatic heterocycles. The van der Waals surface area contributed by atoms with Crippen LogP contribution in [-0.2, 0) is 6.61 Å². The van der Waals surface area contributed by atoms with E-state index < -0.39 is 0 Å². The van der Waals surface area contributed by atoms with Crippen LogP contribution in [0.4, 0.5) is 0 Å². The number of para-hydroxylation sites is 2. The molecule has 6 aromatic rings. The van der Waals surface area contributed by atoms with Crippen LogP contribution in [0.1, 0.15) is 11.1 Å². The predicted octanol–water partition coefficient (Wildman–Crippen LogP) is 7.80. The van der Waals surface area contributed by atoms with Crippen LogP contribution in [0.2, 0.25) is 0 Å². The number of methoxy groups -OCH3 is 1. The predicted molar refractivity (Wildman–Crippen MR) is 163 cm³/mol. The number of ether oxygens (including phenoxy) is 2. The summed E-state index contributed by atoms with van der Waals surface area (Å²) < 4.78 is 20.7. The fourth-order valence-electron chi connectivity index (χ4n) is 4.30. The quantitative estimate of drug-likeness (QED) is 0.164. The maximum atomic E-state index is 13.6. The van der Waals surface area contributed by atoms with Gasteiger partial charge in [0.25, 0.3) is 5.56 Å². The average molecular weight is 659 g/mol. The molecule has 0 fully saturated rings. The van der Waals surface area contributed by atoms with Gasteiger partial charge in [-0.3, -0.25) is 4.79 Å². The monoisotopic (exact) mass is 657 g/mol. The highest BCUT2D eigenvalue weighted by atomic mass is 79.9. The van der Waals surface area contributed by atoms with Crippen molar-refractivity contribution in [3.05, 3.63) is 121 Å². The van der Waals surface area contributed by atoms with Gasteiger partial charge >= 0.3 is 0 Å². The Hall–Kier alpha value is -4.21. The van der Waals surface area contributed by atoms with Crippen LogP contribution in [0, 0.1) is 0 Å². The smallest absolute Gasteiger partial charge is 0.282 e. The Labute approximate surface area is 245 Å². The number of hydrogen-bond donors (Lipinski definition) is 0. The molecular weight excluding hydrogens is 638 g/mol. The minimum atomic E-state index is -0.308. The first-order valence-electron chi connectivity index (χ1n) is 12.3. The van der Waals surface area contributed by atoms with Crippen molar-refractivity contribution in [2.24, 2.45) is 5.10 Å². The van der Waals surface area contributed by atoms with E-state index in [1.807, 2.05) is 66.7 Å². The van der Waals surface area contributed by atoms with E-state index in [-0.39, 0.29) is 5.56 Å². The van der Waals surface area contributed by atoms with Gasteiger partial charge in [-0.1, -0.05) is 58.4 Å². The summed E-state index contributed by atoms with van der Waals surface area (Å²) in [6.45, 7) is 0.370. The van der Waals surface area contributed by atoms with Crippen molar-refractivity contribution >= 4 is 59.9 Å². The molecule has 4 aromatic carbocycles. The summed E-state index contributed by atoms with van der Waals surface area (Å²) in [5, 5.41) is 5.91. The summed E-state index contributed by atoms with van der Waals surface area (Å²) in [5.41, 5.74) is 2.66. The molecule has 0 aliphatic carbocycles. The molecular formula is C31H21Br2N3O4. The summed E-state index contributed by atoms with van der Waals surface area (Å²) in [6, 6.07) is 28.2. The molecule has 0 aliphatic rings. The number of nitrogens with zero attached hydrogens (tertiary/aromatic N) is 3. The Kier molecular flexibility index (Phi) is 7.23. The van der Waals surface area contributed by atoms with Crippen molar-refractivity contribution in [3.63, 3.8) is 0 Å². The minimum absolute atomic E-state index is 0.302. The molecule has 6 rings (SSSR count). The van der Waals surface area contributed by atoms with E-state index in [1.165, 1.54) is 4.68 Å². The van der Waals surface area contributed by atoms with Gasteiger partial charge in [0.05, 0.1) is 28.7 Å². The third kappa shape index (κ3) is 5.17. The number of furan rings is 1. The van der Waals surface area contributed by atoms with Crippen molar-refractivity contribution in [2.45, 2.75) is 6.61 Å². The lowest BCUT2D eigenvalue weighted by molar-refractivity contribution is 0.282. The minimum Gasteiger partial charge on any atom is -0.493 e. The van der Waals surface area contributed by atoms with Crippen LogP contribution in [0.25, 0.3) is 33.5 Å². The van der Waals surface area contributed by atoms with Crippen LogP contribution in [0.5, 0.6) is 11.5 Å². The summed E-state index contributed by atoms with van der Waals surface area (Å²) >= 11 is 7.04. The first-order valence-corrected chi connectivity index (χ1v) is 13.9. The van der Waals surface area contributed by atoms with Gasteiger partial charge in [-0.2, -0.15) is 9.78 Å². The van der Waals surface area contributed by atoms with Crippen molar-refractivity contribution < 1.29 is 13.9 Å². The second kappa shape index (κ2) is 11.1. The molecule has 9 heteroatoms. The van der Waals surface area contributed by atoms with Gasteiger partial charge in [0, 0.05) is 9.86 Å². The molecule has 7 nitrogen and oxygen atoms in total. The van der Waals surface area contributed by atoms with Crippen molar-refractivity contribution in [1.29, 1.82) is 0 Å². The normalized spacial score (nSPS) is 11.5. The first-order chi connectivity index (χ1) is 19.5. The van der Waals surface area contributed by atoms with E-state index >= 15 is 0 Å². The summed E-state index contributed by atoms with van der Waals surface area (Å²) in [4.78, 5) is 18.3. The highest BCUT2D eigenvalue weighted by Crippen LogP contribution is 2.37. The van der Waals surface area contributed by atoms with Gasteiger partial charge in [-0.15, -0.1) is 0 Å². The number of fused-ring (bicyclic) bond motifs is 2. The Bertz CT molecular complexity index is 1910. The Morgan fingerprint density at radius 2 is 1.75 bits per heavy atom. The van der Waals surface area contributed by atoms with E-state index in [0.29, 0.717) is 56.2 Å². The van der Waals surface area contributed by atoms with Gasteiger partial charge in [-0.25, -0.2) is 4.98 Å². The van der Waals surface area contributed by atoms with Crippen LogP contribution in [0.3, 0.4) is 0 Å². The van der Waals surface area contributed by atoms with Crippen molar-refractivity contribution in [2.75, 3.05) is 7.11 Å². The van der Waals surface area contributed by atoms with Crippen LogP contribution in [-0.4, -0.2) is 23.0 Å². The van der Waals surface area contributed by atoms with E-state index in [1.54, 1.807) is 37.6 Å². The second-order valence-corrected chi connectivity index (χ2v) is 10.7. The Morgan fingerprint density at radius 3 is 2.55 bits per heavy atom. The molecule has 2 heterocycles. The molecule has 0 spiro atoms. The van der Waals surface area contributed by atoms with Crippen LogP contribution < -0.4 is 15.0 Å². The number of halogens is 2. The Morgan fingerprint density at radius 1 is 0.975 bits per heavy atom. The zero-order valence-corrected chi connectivity index (χ0v) is 24.3. The summed E-state index contributed by atoms with van der Waals surface area (Å²) in [6.07, 6.45) is 1.58. The van der Waals surface area contributed by atoms with E-state index in [2.05, 4.69) is 37.0 Å². The molecule has 0 unspecified atom stereocenters. The van der Waals surface area contributed by atoms with Crippen molar-refractivity contribution in [3.8, 4) is 23.1 Å². The third-order valence-electron chi connectivity index (χ3n) is 6.27. The molecule has 0 amide bonds. The lowest BCUT2D eigenvalue weighted by Gasteiger charge is -2.14. The number of aromatic nitrogens is 2. The van der Waals surface area contributed by atoms with Gasteiger partial charge in [0.2, 0.25) is 5.82 Å². The zero-order valence-electron chi connectivity index (χ0n) is 21.2.